The summed E-state index contributed by atoms with van der Waals surface area (Å²) >= 11 is 1.62. The molecule has 0 bridgehead atoms. The fourth-order valence-corrected chi connectivity index (χ4v) is 6.09. The molecule has 2 N–H and O–H groups in total. The van der Waals surface area contributed by atoms with E-state index in [4.69, 9.17) is 14.5 Å². The van der Waals surface area contributed by atoms with Crippen LogP contribution in [-0.2, 0) is 12.8 Å². The number of carbonyl (C=O) groups is 2. The summed E-state index contributed by atoms with van der Waals surface area (Å²) in [7, 11) is 0. The number of aliphatic imine (C=N–C) groups is 1. The molecule has 0 aliphatic heterocycles. The van der Waals surface area contributed by atoms with Gasteiger partial charge in [-0.3, -0.25) is 4.79 Å². The predicted molar refractivity (Wildman–Crippen MR) is 134 cm³/mol. The standard InChI is InChI=1S/C27H28N2O4S/c30-25(29-19-6-2-1-3-7-19)24-21-8-4-5-9-23(21)34-26(24)28-16-20-14-15-22(33-20)17-10-12-18(13-11-17)27(31)32/h10-16,19H,1-9H2,(H,29,30)(H,31,32)/b28-16-. The molecule has 0 unspecified atom stereocenters. The molecular weight excluding hydrogens is 448 g/mol. The Morgan fingerprint density at radius 1 is 1.00 bits per heavy atom. The van der Waals surface area contributed by atoms with Gasteiger partial charge in [-0.25, -0.2) is 9.79 Å². The summed E-state index contributed by atoms with van der Waals surface area (Å²) in [6, 6.07) is 10.5. The number of nitrogens with zero attached hydrogens (tertiary/aromatic N) is 1. The molecule has 0 radical (unpaired) electrons. The first-order valence-electron chi connectivity index (χ1n) is 12.0. The molecule has 2 aliphatic rings. The number of fused-ring (bicyclic) bond motifs is 1. The van der Waals surface area contributed by atoms with E-state index < -0.39 is 5.97 Å². The number of carboxylic acids is 1. The minimum Gasteiger partial charge on any atom is -0.478 e. The number of carbonyl (C=O) groups excluding carboxylic acids is 1. The Bertz CT molecular complexity index is 1220. The molecule has 176 valence electrons. The SMILES string of the molecule is O=C(O)c1ccc(-c2ccc(/C=N\c3sc4c(c3C(=O)NC3CCCCC3)CCCC4)o2)cc1. The first-order chi connectivity index (χ1) is 16.6. The van der Waals surface area contributed by atoms with Crippen LogP contribution >= 0.6 is 11.3 Å². The van der Waals surface area contributed by atoms with E-state index in [0.29, 0.717) is 11.5 Å². The molecule has 2 heterocycles. The van der Waals surface area contributed by atoms with Crippen molar-refractivity contribution in [2.75, 3.05) is 0 Å². The van der Waals surface area contributed by atoms with Crippen LogP contribution in [0, 0.1) is 0 Å². The highest BCUT2D eigenvalue weighted by Crippen LogP contribution is 2.40. The molecule has 7 heteroatoms. The summed E-state index contributed by atoms with van der Waals surface area (Å²) in [5, 5.41) is 13.1. The molecule has 1 saturated carbocycles. The first kappa shape index (κ1) is 22.6. The Labute approximate surface area is 202 Å². The van der Waals surface area contributed by atoms with Gasteiger partial charge in [0.2, 0.25) is 0 Å². The lowest BCUT2D eigenvalue weighted by molar-refractivity contribution is 0.0696. The maximum Gasteiger partial charge on any atom is 0.335 e. The molecule has 1 fully saturated rings. The summed E-state index contributed by atoms with van der Waals surface area (Å²) in [5.41, 5.74) is 2.95. The van der Waals surface area contributed by atoms with E-state index in [1.54, 1.807) is 41.8 Å². The topological polar surface area (TPSA) is 91.9 Å². The Morgan fingerprint density at radius 2 is 1.76 bits per heavy atom. The fraction of sp³-hybridized carbons (Fsp3) is 0.370. The number of benzene rings is 1. The Hall–Kier alpha value is -3.19. The van der Waals surface area contributed by atoms with Crippen LogP contribution in [0.1, 0.15) is 81.9 Å². The molecule has 2 aliphatic carbocycles. The largest absolute Gasteiger partial charge is 0.478 e. The first-order valence-corrected chi connectivity index (χ1v) is 12.8. The van der Waals surface area contributed by atoms with Crippen molar-refractivity contribution in [3.8, 4) is 11.3 Å². The van der Waals surface area contributed by atoms with E-state index in [2.05, 4.69) is 5.32 Å². The molecular formula is C27H28N2O4S. The van der Waals surface area contributed by atoms with Crippen molar-refractivity contribution in [2.45, 2.75) is 63.8 Å². The number of furan rings is 1. The van der Waals surface area contributed by atoms with Gasteiger partial charge in [0.15, 0.2) is 0 Å². The fourth-order valence-electron chi connectivity index (χ4n) is 4.86. The van der Waals surface area contributed by atoms with Crippen molar-refractivity contribution in [1.82, 2.24) is 5.32 Å². The van der Waals surface area contributed by atoms with Crippen LogP contribution in [0.4, 0.5) is 5.00 Å². The lowest BCUT2D eigenvalue weighted by Gasteiger charge is -2.23. The van der Waals surface area contributed by atoms with E-state index in [0.717, 1.165) is 54.7 Å². The minimum atomic E-state index is -0.958. The van der Waals surface area contributed by atoms with Crippen LogP contribution < -0.4 is 5.32 Å². The quantitative estimate of drug-likeness (QED) is 0.403. The summed E-state index contributed by atoms with van der Waals surface area (Å²) < 4.78 is 5.92. The third-order valence-corrected chi connectivity index (χ3v) is 7.87. The Morgan fingerprint density at radius 3 is 2.53 bits per heavy atom. The number of thiophene rings is 1. The van der Waals surface area contributed by atoms with Gasteiger partial charge >= 0.3 is 5.97 Å². The summed E-state index contributed by atoms with van der Waals surface area (Å²) in [6.45, 7) is 0. The van der Waals surface area contributed by atoms with Gasteiger partial charge < -0.3 is 14.8 Å². The number of nitrogens with one attached hydrogen (secondary N) is 1. The number of aromatic carboxylic acids is 1. The Kier molecular flexibility index (Phi) is 6.63. The predicted octanol–water partition coefficient (Wildman–Crippen LogP) is 6.40. The van der Waals surface area contributed by atoms with Crippen LogP contribution in [0.5, 0.6) is 0 Å². The van der Waals surface area contributed by atoms with E-state index in [9.17, 15) is 9.59 Å². The number of amides is 1. The number of rotatable bonds is 6. The maximum absolute atomic E-state index is 13.3. The lowest BCUT2D eigenvalue weighted by atomic mass is 9.93. The second kappa shape index (κ2) is 9.97. The molecule has 5 rings (SSSR count). The van der Waals surface area contributed by atoms with Gasteiger partial charge in [-0.15, -0.1) is 11.3 Å². The number of carboxylic acid groups (broad SMARTS) is 1. The molecule has 34 heavy (non-hydrogen) atoms. The van der Waals surface area contributed by atoms with Crippen molar-refractivity contribution in [2.24, 2.45) is 4.99 Å². The number of hydrogen-bond acceptors (Lipinski definition) is 5. The molecule has 3 aromatic rings. The highest BCUT2D eigenvalue weighted by molar-refractivity contribution is 7.16. The van der Waals surface area contributed by atoms with E-state index in [-0.39, 0.29) is 17.5 Å². The van der Waals surface area contributed by atoms with Gasteiger partial charge in [0, 0.05) is 16.5 Å². The zero-order chi connectivity index (χ0) is 23.5. The molecule has 1 aromatic carbocycles. The molecule has 0 atom stereocenters. The van der Waals surface area contributed by atoms with Gasteiger partial charge in [-0.2, -0.15) is 0 Å². The van der Waals surface area contributed by atoms with Crippen molar-refractivity contribution in [1.29, 1.82) is 0 Å². The zero-order valence-corrected chi connectivity index (χ0v) is 19.8. The molecule has 2 aromatic heterocycles. The smallest absolute Gasteiger partial charge is 0.335 e. The average molecular weight is 477 g/mol. The normalized spacial score (nSPS) is 16.5. The van der Waals surface area contributed by atoms with Gasteiger partial charge in [-0.1, -0.05) is 31.4 Å². The van der Waals surface area contributed by atoms with Crippen LogP contribution in [0.25, 0.3) is 11.3 Å². The average Bonchev–Trinajstić information content (AvgIpc) is 3.48. The van der Waals surface area contributed by atoms with Crippen molar-refractivity contribution >= 4 is 34.4 Å². The monoisotopic (exact) mass is 476 g/mol. The van der Waals surface area contributed by atoms with Crippen LogP contribution in [0.2, 0.25) is 0 Å². The molecule has 0 spiro atoms. The second-order valence-electron chi connectivity index (χ2n) is 9.04. The molecule has 6 nitrogen and oxygen atoms in total. The zero-order valence-electron chi connectivity index (χ0n) is 19.0. The van der Waals surface area contributed by atoms with Crippen molar-refractivity contribution < 1.29 is 19.1 Å². The third kappa shape index (κ3) is 4.85. The molecule has 1 amide bonds. The number of aryl methyl sites for hydroxylation is 1. The van der Waals surface area contributed by atoms with E-state index in [1.807, 2.05) is 12.1 Å². The van der Waals surface area contributed by atoms with E-state index in [1.165, 1.54) is 29.7 Å². The lowest BCUT2D eigenvalue weighted by Crippen LogP contribution is -2.36. The van der Waals surface area contributed by atoms with Gasteiger partial charge in [0.05, 0.1) is 17.3 Å². The maximum atomic E-state index is 13.3. The minimum absolute atomic E-state index is 0.0112. The van der Waals surface area contributed by atoms with Gasteiger partial charge in [-0.05, 0) is 68.4 Å². The number of hydrogen-bond donors (Lipinski definition) is 2. The van der Waals surface area contributed by atoms with Crippen LogP contribution in [0.3, 0.4) is 0 Å². The summed E-state index contributed by atoms with van der Waals surface area (Å²) in [6.07, 6.45) is 11.6. The van der Waals surface area contributed by atoms with Gasteiger partial charge in [0.1, 0.15) is 16.5 Å². The second-order valence-corrected chi connectivity index (χ2v) is 10.1. The highest BCUT2D eigenvalue weighted by Gasteiger charge is 2.27. The summed E-state index contributed by atoms with van der Waals surface area (Å²) in [5.74, 6) is 0.277. The van der Waals surface area contributed by atoms with Gasteiger partial charge in [0.25, 0.3) is 5.91 Å². The van der Waals surface area contributed by atoms with E-state index >= 15 is 0 Å². The molecule has 0 saturated heterocycles. The summed E-state index contributed by atoms with van der Waals surface area (Å²) in [4.78, 5) is 30.3. The van der Waals surface area contributed by atoms with Crippen molar-refractivity contribution in [3.63, 3.8) is 0 Å². The Balaban J connectivity index is 1.37. The van der Waals surface area contributed by atoms with Crippen molar-refractivity contribution in [3.05, 3.63) is 63.7 Å². The third-order valence-electron chi connectivity index (χ3n) is 6.67. The van der Waals surface area contributed by atoms with Crippen LogP contribution in [0.15, 0.2) is 45.8 Å². The highest BCUT2D eigenvalue weighted by atomic mass is 32.1. The van der Waals surface area contributed by atoms with Crippen LogP contribution in [-0.4, -0.2) is 29.2 Å².